The first kappa shape index (κ1) is 13.2. The van der Waals surface area contributed by atoms with Crippen LogP contribution in [0.3, 0.4) is 0 Å². The Labute approximate surface area is 118 Å². The number of benzene rings is 2. The van der Waals surface area contributed by atoms with Gasteiger partial charge in [0.1, 0.15) is 0 Å². The predicted molar refractivity (Wildman–Crippen MR) is 79.0 cm³/mol. The van der Waals surface area contributed by atoms with Crippen LogP contribution in [0.2, 0.25) is 0 Å². The van der Waals surface area contributed by atoms with Gasteiger partial charge in [-0.05, 0) is 11.1 Å². The van der Waals surface area contributed by atoms with Gasteiger partial charge in [-0.3, -0.25) is 0 Å². The summed E-state index contributed by atoms with van der Waals surface area (Å²) < 4.78 is 0. The van der Waals surface area contributed by atoms with E-state index < -0.39 is 0 Å². The van der Waals surface area contributed by atoms with Gasteiger partial charge in [-0.1, -0.05) is 83.9 Å². The van der Waals surface area contributed by atoms with E-state index in [-0.39, 0.29) is 0 Å². The van der Waals surface area contributed by atoms with Crippen molar-refractivity contribution in [2.24, 2.45) is 0 Å². The summed E-state index contributed by atoms with van der Waals surface area (Å²) in [5, 5.41) is 1.43. The highest BCUT2D eigenvalue weighted by Gasteiger charge is 2.04. The maximum Gasteiger partial charge on any atom is 0.0373 e. The summed E-state index contributed by atoms with van der Waals surface area (Å²) in [6.07, 6.45) is 1.38. The van der Waals surface area contributed by atoms with Gasteiger partial charge in [-0.25, -0.2) is 0 Å². The van der Waals surface area contributed by atoms with Crippen molar-refractivity contribution in [2.45, 2.75) is 12.8 Å². The molecule has 0 nitrogen and oxygen atoms in total. The number of allylic oxidation sites excluding steroid dienone is 2. The van der Waals surface area contributed by atoms with E-state index in [1.165, 1.54) is 11.1 Å². The Bertz CT molecular complexity index is 466. The second-order valence-electron chi connectivity index (χ2n) is 4.13. The Morgan fingerprint density at radius 3 is 1.28 bits per heavy atom. The van der Waals surface area contributed by atoms with E-state index in [2.05, 4.69) is 24.3 Å². The molecule has 0 aliphatic rings. The quantitative estimate of drug-likeness (QED) is 0.724. The number of hydrogen-bond donors (Lipinski definition) is 0. The highest BCUT2D eigenvalue weighted by Crippen LogP contribution is 2.22. The molecule has 0 unspecified atom stereocenters. The minimum Gasteiger partial charge on any atom is -0.0875 e. The molecule has 0 atom stereocenters. The number of halogens is 2. The molecule has 0 amide bonds. The molecule has 0 saturated carbocycles. The van der Waals surface area contributed by atoms with Crippen LogP contribution >= 0.6 is 23.2 Å². The molecule has 0 fully saturated rings. The summed E-state index contributed by atoms with van der Waals surface area (Å²) in [4.78, 5) is 0. The van der Waals surface area contributed by atoms with Gasteiger partial charge in [-0.2, -0.15) is 0 Å². The molecule has 0 radical (unpaired) electrons. The van der Waals surface area contributed by atoms with Crippen molar-refractivity contribution >= 4 is 23.2 Å². The first-order valence-electron chi connectivity index (χ1n) is 5.86. The topological polar surface area (TPSA) is 0 Å². The molecular formula is C16H14Cl2. The van der Waals surface area contributed by atoms with Gasteiger partial charge in [0.05, 0.1) is 0 Å². The van der Waals surface area contributed by atoms with Crippen molar-refractivity contribution < 1.29 is 0 Å². The third kappa shape index (κ3) is 3.90. The highest BCUT2D eigenvalue weighted by atomic mass is 35.5. The predicted octanol–water partition coefficient (Wildman–Crippen LogP) is 5.16. The fourth-order valence-corrected chi connectivity index (χ4v) is 2.18. The lowest BCUT2D eigenvalue weighted by Gasteiger charge is -2.05. The number of hydrogen-bond acceptors (Lipinski definition) is 0. The van der Waals surface area contributed by atoms with Crippen molar-refractivity contribution in [3.05, 3.63) is 81.9 Å². The summed E-state index contributed by atoms with van der Waals surface area (Å²) in [6.45, 7) is 0. The van der Waals surface area contributed by atoms with Crippen LogP contribution in [0.5, 0.6) is 0 Å². The normalized spacial score (nSPS) is 12.1. The zero-order valence-corrected chi connectivity index (χ0v) is 11.5. The molecule has 0 aromatic heterocycles. The molecule has 0 N–H and O–H groups in total. The van der Waals surface area contributed by atoms with Crippen LogP contribution in [-0.2, 0) is 12.8 Å². The van der Waals surface area contributed by atoms with E-state index in [0.29, 0.717) is 22.9 Å². The third-order valence-corrected chi connectivity index (χ3v) is 3.52. The minimum absolute atomic E-state index is 0.689. The maximum absolute atomic E-state index is 6.26. The molecule has 0 spiro atoms. The smallest absolute Gasteiger partial charge is 0.0373 e. The maximum atomic E-state index is 6.26. The molecule has 0 saturated heterocycles. The van der Waals surface area contributed by atoms with Gasteiger partial charge in [0, 0.05) is 22.9 Å². The zero-order chi connectivity index (χ0) is 12.8. The van der Waals surface area contributed by atoms with Crippen molar-refractivity contribution in [3.8, 4) is 0 Å². The summed E-state index contributed by atoms with van der Waals surface area (Å²) in [7, 11) is 0. The molecule has 2 aromatic carbocycles. The largest absolute Gasteiger partial charge is 0.0875 e. The Hall–Kier alpha value is -1.24. The fourth-order valence-electron chi connectivity index (χ4n) is 1.74. The lowest BCUT2D eigenvalue weighted by Crippen LogP contribution is -1.91. The van der Waals surface area contributed by atoms with Crippen LogP contribution in [0, 0.1) is 0 Å². The first-order valence-corrected chi connectivity index (χ1v) is 6.62. The summed E-state index contributed by atoms with van der Waals surface area (Å²) >= 11 is 12.5. The van der Waals surface area contributed by atoms with Gasteiger partial charge < -0.3 is 0 Å². The molecule has 0 aliphatic carbocycles. The van der Waals surface area contributed by atoms with Gasteiger partial charge in [0.2, 0.25) is 0 Å². The van der Waals surface area contributed by atoms with Crippen molar-refractivity contribution in [1.29, 1.82) is 0 Å². The average molecular weight is 277 g/mol. The van der Waals surface area contributed by atoms with Crippen LogP contribution < -0.4 is 0 Å². The molecule has 2 aromatic rings. The van der Waals surface area contributed by atoms with Crippen LogP contribution in [0.25, 0.3) is 0 Å². The molecule has 18 heavy (non-hydrogen) atoms. The van der Waals surface area contributed by atoms with E-state index in [1.54, 1.807) is 0 Å². The van der Waals surface area contributed by atoms with Crippen LogP contribution in [0.1, 0.15) is 11.1 Å². The van der Waals surface area contributed by atoms with Crippen molar-refractivity contribution in [2.75, 3.05) is 0 Å². The summed E-state index contributed by atoms with van der Waals surface area (Å²) in [5.41, 5.74) is 2.35. The summed E-state index contributed by atoms with van der Waals surface area (Å²) in [6, 6.07) is 20.2. The molecule has 92 valence electrons. The Balaban J connectivity index is 2.06. The third-order valence-electron chi connectivity index (χ3n) is 2.70. The molecule has 2 rings (SSSR count). The van der Waals surface area contributed by atoms with Crippen LogP contribution in [0.15, 0.2) is 70.7 Å². The first-order chi connectivity index (χ1) is 8.75. The van der Waals surface area contributed by atoms with Gasteiger partial charge in [0.15, 0.2) is 0 Å². The second kappa shape index (κ2) is 6.63. The fraction of sp³-hybridized carbons (Fsp3) is 0.125. The van der Waals surface area contributed by atoms with E-state index in [4.69, 9.17) is 23.2 Å². The van der Waals surface area contributed by atoms with Gasteiger partial charge >= 0.3 is 0 Å². The SMILES string of the molecule is Cl/C(Cc1ccccc1)=C(/Cl)Cc1ccccc1. The second-order valence-corrected chi connectivity index (χ2v) is 5.05. The van der Waals surface area contributed by atoms with E-state index in [9.17, 15) is 0 Å². The monoisotopic (exact) mass is 276 g/mol. The Morgan fingerprint density at radius 2 is 0.944 bits per heavy atom. The van der Waals surface area contributed by atoms with Crippen LogP contribution in [-0.4, -0.2) is 0 Å². The highest BCUT2D eigenvalue weighted by molar-refractivity contribution is 6.39. The Morgan fingerprint density at radius 1 is 0.611 bits per heavy atom. The molecule has 0 aliphatic heterocycles. The molecule has 0 bridgehead atoms. The molecule has 0 heterocycles. The van der Waals surface area contributed by atoms with E-state index in [0.717, 1.165) is 0 Å². The standard InChI is InChI=1S/C16H14Cl2/c17-15(11-13-7-3-1-4-8-13)16(18)12-14-9-5-2-6-10-14/h1-10H,11-12H2/b16-15+. The molecular weight excluding hydrogens is 263 g/mol. The number of rotatable bonds is 4. The van der Waals surface area contributed by atoms with E-state index in [1.807, 2.05) is 36.4 Å². The van der Waals surface area contributed by atoms with E-state index >= 15 is 0 Å². The zero-order valence-electron chi connectivity index (χ0n) is 9.94. The molecule has 2 heteroatoms. The lowest BCUT2D eigenvalue weighted by atomic mass is 10.1. The lowest BCUT2D eigenvalue weighted by molar-refractivity contribution is 1.16. The van der Waals surface area contributed by atoms with Gasteiger partial charge in [-0.15, -0.1) is 0 Å². The average Bonchev–Trinajstić information content (AvgIpc) is 2.41. The van der Waals surface area contributed by atoms with Gasteiger partial charge in [0.25, 0.3) is 0 Å². The minimum atomic E-state index is 0.689. The Kier molecular flexibility index (Phi) is 4.86. The van der Waals surface area contributed by atoms with Crippen molar-refractivity contribution in [3.63, 3.8) is 0 Å². The van der Waals surface area contributed by atoms with Crippen LogP contribution in [0.4, 0.5) is 0 Å². The summed E-state index contributed by atoms with van der Waals surface area (Å²) in [5.74, 6) is 0. The van der Waals surface area contributed by atoms with Crippen molar-refractivity contribution in [1.82, 2.24) is 0 Å².